The molecule has 0 radical (unpaired) electrons. The lowest BCUT2D eigenvalue weighted by Crippen LogP contribution is -2.30. The molecule has 1 saturated carbocycles. The van der Waals surface area contributed by atoms with Gasteiger partial charge in [-0.05, 0) is 31.1 Å². The highest BCUT2D eigenvalue weighted by Crippen LogP contribution is 2.36. The number of anilines is 1. The van der Waals surface area contributed by atoms with Crippen molar-refractivity contribution in [1.29, 1.82) is 5.26 Å². The van der Waals surface area contributed by atoms with Gasteiger partial charge in [-0.3, -0.25) is 10.1 Å². The molecule has 1 aliphatic rings. The Bertz CT molecular complexity index is 553. The molecule has 1 N–H and O–H groups in total. The van der Waals surface area contributed by atoms with E-state index in [0.29, 0.717) is 11.2 Å². The molecule has 1 aromatic rings. The zero-order chi connectivity index (χ0) is 14.8. The highest BCUT2D eigenvalue weighted by Gasteiger charge is 2.27. The van der Waals surface area contributed by atoms with Crippen molar-refractivity contribution in [3.63, 3.8) is 0 Å². The van der Waals surface area contributed by atoms with Crippen molar-refractivity contribution >= 4 is 11.5 Å². The van der Waals surface area contributed by atoms with E-state index < -0.39 is 4.92 Å². The Morgan fingerprint density at radius 2 is 2.15 bits per heavy atom. The molecule has 0 aliphatic heterocycles. The molecule has 0 atom stereocenters. The van der Waals surface area contributed by atoms with Gasteiger partial charge in [-0.2, -0.15) is 5.26 Å². The fraction of sp³-hybridized carbons (Fsp3) is 0.571. The molecule has 6 nitrogen and oxygen atoms in total. The number of hydrogen-bond acceptors (Lipinski definition) is 5. The highest BCUT2D eigenvalue weighted by molar-refractivity contribution is 5.56. The van der Waals surface area contributed by atoms with E-state index in [9.17, 15) is 10.1 Å². The summed E-state index contributed by atoms with van der Waals surface area (Å²) < 4.78 is 0. The number of aromatic nitrogens is 1. The molecule has 0 amide bonds. The molecule has 2 rings (SSSR count). The van der Waals surface area contributed by atoms with Gasteiger partial charge in [0.2, 0.25) is 0 Å². The molecule has 106 valence electrons. The van der Waals surface area contributed by atoms with Gasteiger partial charge in [0.05, 0.1) is 4.92 Å². The van der Waals surface area contributed by atoms with Crippen LogP contribution in [0.2, 0.25) is 0 Å². The minimum absolute atomic E-state index is 0.156. The van der Waals surface area contributed by atoms with E-state index in [1.165, 1.54) is 12.3 Å². The molecule has 0 spiro atoms. The second kappa shape index (κ2) is 5.45. The third-order valence-electron chi connectivity index (χ3n) is 3.88. The quantitative estimate of drug-likeness (QED) is 0.674. The van der Waals surface area contributed by atoms with Gasteiger partial charge in [0.15, 0.2) is 0 Å². The number of pyridine rings is 1. The Balaban J connectivity index is 2.10. The predicted molar refractivity (Wildman–Crippen MR) is 75.3 cm³/mol. The topological polar surface area (TPSA) is 91.8 Å². The van der Waals surface area contributed by atoms with E-state index in [-0.39, 0.29) is 17.3 Å². The Hall–Kier alpha value is -2.16. The predicted octanol–water partition coefficient (Wildman–Crippen LogP) is 3.24. The van der Waals surface area contributed by atoms with E-state index in [0.717, 1.165) is 25.7 Å². The summed E-state index contributed by atoms with van der Waals surface area (Å²) >= 11 is 0. The van der Waals surface area contributed by atoms with Crippen LogP contribution in [0.5, 0.6) is 0 Å². The zero-order valence-corrected chi connectivity index (χ0v) is 11.7. The molecule has 1 heterocycles. The van der Waals surface area contributed by atoms with E-state index in [4.69, 9.17) is 5.26 Å². The summed E-state index contributed by atoms with van der Waals surface area (Å²) in [6, 6.07) is 3.51. The average molecular weight is 274 g/mol. The monoisotopic (exact) mass is 274 g/mol. The standard InChI is InChI=1S/C14H18N4O2/c1-14(2)5-3-11(4-6-14)17-13-10(8-15)7-12(9-16-13)18(19)20/h7,9,11H,3-6H2,1-2H3,(H,16,17). The molecule has 1 aromatic heterocycles. The molecule has 20 heavy (non-hydrogen) atoms. The lowest BCUT2D eigenvalue weighted by molar-refractivity contribution is -0.385. The second-order valence-electron chi connectivity index (χ2n) is 6.04. The number of nitrogens with zero attached hydrogens (tertiary/aromatic N) is 3. The summed E-state index contributed by atoms with van der Waals surface area (Å²) in [4.78, 5) is 14.2. The van der Waals surface area contributed by atoms with Crippen LogP contribution in [-0.4, -0.2) is 15.9 Å². The van der Waals surface area contributed by atoms with Crippen LogP contribution < -0.4 is 5.32 Å². The first-order valence-corrected chi connectivity index (χ1v) is 6.72. The minimum atomic E-state index is -0.541. The van der Waals surface area contributed by atoms with Crippen molar-refractivity contribution in [3.8, 4) is 6.07 Å². The van der Waals surface area contributed by atoms with Crippen LogP contribution in [0.1, 0.15) is 45.1 Å². The van der Waals surface area contributed by atoms with Gasteiger partial charge in [0.25, 0.3) is 5.69 Å². The smallest absolute Gasteiger partial charge is 0.289 e. The van der Waals surface area contributed by atoms with Gasteiger partial charge in [0.1, 0.15) is 23.6 Å². The van der Waals surface area contributed by atoms with E-state index in [2.05, 4.69) is 24.1 Å². The average Bonchev–Trinajstić information content (AvgIpc) is 2.41. The first kappa shape index (κ1) is 14.3. The van der Waals surface area contributed by atoms with Crippen molar-refractivity contribution in [2.24, 2.45) is 5.41 Å². The summed E-state index contributed by atoms with van der Waals surface area (Å²) in [5.41, 5.74) is 0.444. The van der Waals surface area contributed by atoms with Crippen molar-refractivity contribution in [2.45, 2.75) is 45.6 Å². The summed E-state index contributed by atoms with van der Waals surface area (Å²) in [6.45, 7) is 4.52. The van der Waals surface area contributed by atoms with Crippen LogP contribution in [0, 0.1) is 26.9 Å². The fourth-order valence-corrected chi connectivity index (χ4v) is 2.49. The van der Waals surface area contributed by atoms with Crippen LogP contribution in [0.25, 0.3) is 0 Å². The van der Waals surface area contributed by atoms with Gasteiger partial charge in [-0.15, -0.1) is 0 Å². The van der Waals surface area contributed by atoms with Crippen LogP contribution in [0.15, 0.2) is 12.3 Å². The van der Waals surface area contributed by atoms with Crippen molar-refractivity contribution in [1.82, 2.24) is 4.98 Å². The van der Waals surface area contributed by atoms with Crippen LogP contribution in [0.3, 0.4) is 0 Å². The molecule has 0 bridgehead atoms. The number of nitro groups is 1. The Morgan fingerprint density at radius 1 is 1.50 bits per heavy atom. The fourth-order valence-electron chi connectivity index (χ4n) is 2.49. The van der Waals surface area contributed by atoms with Gasteiger partial charge < -0.3 is 5.32 Å². The third kappa shape index (κ3) is 3.23. The zero-order valence-electron chi connectivity index (χ0n) is 11.7. The maximum Gasteiger partial charge on any atom is 0.289 e. The third-order valence-corrected chi connectivity index (χ3v) is 3.88. The van der Waals surface area contributed by atoms with Gasteiger partial charge in [0, 0.05) is 12.1 Å². The van der Waals surface area contributed by atoms with Gasteiger partial charge >= 0.3 is 0 Å². The number of rotatable bonds is 3. The van der Waals surface area contributed by atoms with Crippen molar-refractivity contribution in [2.75, 3.05) is 5.32 Å². The molecular weight excluding hydrogens is 256 g/mol. The first-order valence-electron chi connectivity index (χ1n) is 6.72. The summed E-state index contributed by atoms with van der Waals surface area (Å²) in [6.07, 6.45) is 5.49. The molecule has 1 aliphatic carbocycles. The first-order chi connectivity index (χ1) is 9.41. The van der Waals surface area contributed by atoms with E-state index in [1.54, 1.807) is 0 Å². The maximum atomic E-state index is 10.7. The van der Waals surface area contributed by atoms with Crippen molar-refractivity contribution < 1.29 is 4.92 Å². The van der Waals surface area contributed by atoms with E-state index >= 15 is 0 Å². The molecule has 0 saturated heterocycles. The maximum absolute atomic E-state index is 10.7. The van der Waals surface area contributed by atoms with Crippen molar-refractivity contribution in [3.05, 3.63) is 27.9 Å². The molecule has 0 unspecified atom stereocenters. The second-order valence-corrected chi connectivity index (χ2v) is 6.04. The summed E-state index contributed by atoms with van der Waals surface area (Å²) in [5, 5.41) is 23.0. The Kier molecular flexibility index (Phi) is 3.89. The number of nitrogens with one attached hydrogen (secondary N) is 1. The normalized spacial score (nSPS) is 18.2. The van der Waals surface area contributed by atoms with Gasteiger partial charge in [-0.1, -0.05) is 13.8 Å². The minimum Gasteiger partial charge on any atom is -0.366 e. The summed E-state index contributed by atoms with van der Waals surface area (Å²) in [5.74, 6) is 0.447. The summed E-state index contributed by atoms with van der Waals surface area (Å²) in [7, 11) is 0. The molecule has 1 fully saturated rings. The number of nitriles is 1. The molecule has 6 heteroatoms. The molecule has 0 aromatic carbocycles. The van der Waals surface area contributed by atoms with Crippen LogP contribution in [0.4, 0.5) is 11.5 Å². The van der Waals surface area contributed by atoms with Crippen LogP contribution in [-0.2, 0) is 0 Å². The Morgan fingerprint density at radius 3 is 2.70 bits per heavy atom. The van der Waals surface area contributed by atoms with Crippen LogP contribution >= 0.6 is 0 Å². The highest BCUT2D eigenvalue weighted by atomic mass is 16.6. The van der Waals surface area contributed by atoms with E-state index in [1.807, 2.05) is 6.07 Å². The lowest BCUT2D eigenvalue weighted by Gasteiger charge is -2.34. The largest absolute Gasteiger partial charge is 0.366 e. The number of hydrogen-bond donors (Lipinski definition) is 1. The SMILES string of the molecule is CC1(C)CCC(Nc2ncc([N+](=O)[O-])cc2C#N)CC1. The van der Waals surface area contributed by atoms with Gasteiger partial charge in [-0.25, -0.2) is 4.98 Å². The lowest BCUT2D eigenvalue weighted by atomic mass is 9.75. The Labute approximate surface area is 118 Å². The molecular formula is C14H18N4O2.